The number of allylic oxidation sites excluding steroid dienone is 2. The van der Waals surface area contributed by atoms with Crippen molar-refractivity contribution in [1.82, 2.24) is 0 Å². The molecule has 2 aliphatic carbocycles. The van der Waals surface area contributed by atoms with E-state index in [1.807, 2.05) is 25.0 Å². The topological polar surface area (TPSA) is 0 Å². The van der Waals surface area contributed by atoms with E-state index < -0.39 is 0 Å². The fourth-order valence-corrected chi connectivity index (χ4v) is 2.52. The lowest BCUT2D eigenvalue weighted by atomic mass is 9.78. The Balaban J connectivity index is 0.000000396. The lowest BCUT2D eigenvalue weighted by molar-refractivity contribution is 0.454. The Morgan fingerprint density at radius 2 is 1.54 bits per heavy atom. The lowest BCUT2D eigenvalue weighted by Gasteiger charge is -2.28. The van der Waals surface area contributed by atoms with Crippen LogP contribution in [-0.2, 0) is 0 Å². The second-order valence-corrected chi connectivity index (χ2v) is 4.26. The van der Waals surface area contributed by atoms with Gasteiger partial charge < -0.3 is 0 Å². The number of rotatable bonds is 0. The molecule has 2 aliphatic rings. The molecule has 0 spiro atoms. The maximum atomic E-state index is 2.40. The Morgan fingerprint density at radius 1 is 0.923 bits per heavy atom. The van der Waals surface area contributed by atoms with Crippen molar-refractivity contribution in [3.8, 4) is 0 Å². The summed E-state index contributed by atoms with van der Waals surface area (Å²) in [6.45, 7) is 6.40. The first-order valence-electron chi connectivity index (χ1n) is 6.06. The van der Waals surface area contributed by atoms with Gasteiger partial charge in [0, 0.05) is 0 Å². The van der Waals surface area contributed by atoms with Gasteiger partial charge in [0.05, 0.1) is 0 Å². The second-order valence-electron chi connectivity index (χ2n) is 4.26. The third-order valence-electron chi connectivity index (χ3n) is 3.24. The highest BCUT2D eigenvalue weighted by molar-refractivity contribution is 5.19. The van der Waals surface area contributed by atoms with Gasteiger partial charge in [-0.1, -0.05) is 31.9 Å². The molecule has 0 saturated heterocycles. The molecule has 0 saturated carbocycles. The zero-order valence-electron chi connectivity index (χ0n) is 9.53. The summed E-state index contributed by atoms with van der Waals surface area (Å²) in [7, 11) is 0. The molecule has 0 unspecified atom stereocenters. The van der Waals surface area contributed by atoms with Crippen molar-refractivity contribution in [1.29, 1.82) is 0 Å². The highest BCUT2D eigenvalue weighted by atomic mass is 14.2. The maximum Gasteiger partial charge on any atom is -0.0292 e. The zero-order chi connectivity index (χ0) is 9.68. The van der Waals surface area contributed by atoms with Gasteiger partial charge in [-0.2, -0.15) is 0 Å². The summed E-state index contributed by atoms with van der Waals surface area (Å²) in [5.74, 6) is 0.979. The van der Waals surface area contributed by atoms with Crippen LogP contribution in [0.5, 0.6) is 0 Å². The summed E-state index contributed by atoms with van der Waals surface area (Å²) in [5.41, 5.74) is 3.68. The molecule has 2 rings (SSSR count). The zero-order valence-corrected chi connectivity index (χ0v) is 9.53. The summed E-state index contributed by atoms with van der Waals surface area (Å²) in [5, 5.41) is 0. The molecule has 0 aliphatic heterocycles. The predicted octanol–water partition coefficient (Wildman–Crippen LogP) is 4.70. The van der Waals surface area contributed by atoms with Crippen molar-refractivity contribution in [2.24, 2.45) is 5.92 Å². The first-order valence-corrected chi connectivity index (χ1v) is 6.06. The minimum Gasteiger partial charge on any atom is -0.0710 e. The SMILES string of the molecule is CC.C[C@H]1CCC2=C(CCCC2)C1. The van der Waals surface area contributed by atoms with Gasteiger partial charge in [-0.05, 0) is 50.9 Å². The van der Waals surface area contributed by atoms with Crippen molar-refractivity contribution in [3.63, 3.8) is 0 Å². The summed E-state index contributed by atoms with van der Waals surface area (Å²) >= 11 is 0. The van der Waals surface area contributed by atoms with E-state index in [-0.39, 0.29) is 0 Å². The molecule has 0 bridgehead atoms. The highest BCUT2D eigenvalue weighted by Crippen LogP contribution is 2.37. The van der Waals surface area contributed by atoms with E-state index in [2.05, 4.69) is 6.92 Å². The van der Waals surface area contributed by atoms with Gasteiger partial charge in [0.2, 0.25) is 0 Å². The maximum absolute atomic E-state index is 2.40. The van der Waals surface area contributed by atoms with Gasteiger partial charge in [0.25, 0.3) is 0 Å². The Kier molecular flexibility index (Phi) is 4.55. The molecule has 0 amide bonds. The molecule has 0 N–H and O–H groups in total. The second kappa shape index (κ2) is 5.47. The molecular formula is C13H24. The normalized spacial score (nSPS) is 27.5. The summed E-state index contributed by atoms with van der Waals surface area (Å²) in [6, 6.07) is 0. The van der Waals surface area contributed by atoms with Crippen LogP contribution in [0.3, 0.4) is 0 Å². The molecule has 0 fully saturated rings. The molecule has 0 aromatic carbocycles. The Bertz CT molecular complexity index is 176. The largest absolute Gasteiger partial charge is 0.0710 e. The molecule has 76 valence electrons. The van der Waals surface area contributed by atoms with E-state index in [0.29, 0.717) is 0 Å². The van der Waals surface area contributed by atoms with Crippen molar-refractivity contribution in [2.45, 2.75) is 65.7 Å². The average Bonchev–Trinajstić information content (AvgIpc) is 2.21. The monoisotopic (exact) mass is 180 g/mol. The first kappa shape index (κ1) is 10.8. The minimum atomic E-state index is 0.979. The van der Waals surface area contributed by atoms with Crippen LogP contribution in [0.2, 0.25) is 0 Å². The Labute approximate surface area is 83.4 Å². The van der Waals surface area contributed by atoms with Gasteiger partial charge >= 0.3 is 0 Å². The lowest BCUT2D eigenvalue weighted by Crippen LogP contribution is -2.10. The number of hydrogen-bond donors (Lipinski definition) is 0. The van der Waals surface area contributed by atoms with Gasteiger partial charge in [-0.25, -0.2) is 0 Å². The van der Waals surface area contributed by atoms with Crippen LogP contribution in [0.4, 0.5) is 0 Å². The van der Waals surface area contributed by atoms with Gasteiger partial charge in [0.1, 0.15) is 0 Å². The molecular weight excluding hydrogens is 156 g/mol. The molecule has 0 heteroatoms. The molecule has 1 atom stereocenters. The Morgan fingerprint density at radius 3 is 2.23 bits per heavy atom. The quantitative estimate of drug-likeness (QED) is 0.474. The summed E-state index contributed by atoms with van der Waals surface area (Å²) in [6.07, 6.45) is 10.1. The third kappa shape index (κ3) is 2.86. The fraction of sp³-hybridized carbons (Fsp3) is 0.846. The molecule has 0 heterocycles. The standard InChI is InChI=1S/C11H18.C2H6/c1-9-6-7-10-4-2-3-5-11(10)8-9;1-2/h9H,2-8H2,1H3;1-2H3/t9-;/m0./s1. The average molecular weight is 180 g/mol. The van der Waals surface area contributed by atoms with Crippen molar-refractivity contribution >= 4 is 0 Å². The van der Waals surface area contributed by atoms with Crippen LogP contribution in [0.1, 0.15) is 65.7 Å². The summed E-state index contributed by atoms with van der Waals surface area (Å²) < 4.78 is 0. The van der Waals surface area contributed by atoms with E-state index in [1.54, 1.807) is 0 Å². The van der Waals surface area contributed by atoms with Gasteiger partial charge in [0.15, 0.2) is 0 Å². The predicted molar refractivity (Wildman–Crippen MR) is 59.9 cm³/mol. The Hall–Kier alpha value is -0.260. The van der Waals surface area contributed by atoms with E-state index in [4.69, 9.17) is 0 Å². The van der Waals surface area contributed by atoms with E-state index in [0.717, 1.165) is 5.92 Å². The van der Waals surface area contributed by atoms with Gasteiger partial charge in [-0.15, -0.1) is 0 Å². The molecule has 0 aromatic heterocycles. The van der Waals surface area contributed by atoms with Crippen LogP contribution in [-0.4, -0.2) is 0 Å². The highest BCUT2D eigenvalue weighted by Gasteiger charge is 2.19. The van der Waals surface area contributed by atoms with Crippen LogP contribution in [0, 0.1) is 5.92 Å². The minimum absolute atomic E-state index is 0.979. The van der Waals surface area contributed by atoms with Crippen LogP contribution >= 0.6 is 0 Å². The molecule has 0 aromatic rings. The van der Waals surface area contributed by atoms with Crippen molar-refractivity contribution in [2.75, 3.05) is 0 Å². The molecule has 0 nitrogen and oxygen atoms in total. The molecule has 13 heavy (non-hydrogen) atoms. The first-order chi connectivity index (χ1) is 6.36. The van der Waals surface area contributed by atoms with Crippen LogP contribution in [0.15, 0.2) is 11.1 Å². The van der Waals surface area contributed by atoms with Crippen molar-refractivity contribution < 1.29 is 0 Å². The fourth-order valence-electron chi connectivity index (χ4n) is 2.52. The smallest absolute Gasteiger partial charge is 0.0292 e. The number of hydrogen-bond acceptors (Lipinski definition) is 0. The van der Waals surface area contributed by atoms with E-state index in [9.17, 15) is 0 Å². The van der Waals surface area contributed by atoms with Crippen LogP contribution < -0.4 is 0 Å². The van der Waals surface area contributed by atoms with Crippen LogP contribution in [0.25, 0.3) is 0 Å². The molecule has 0 radical (unpaired) electrons. The third-order valence-corrected chi connectivity index (χ3v) is 3.24. The van der Waals surface area contributed by atoms with E-state index in [1.165, 1.54) is 44.9 Å². The summed E-state index contributed by atoms with van der Waals surface area (Å²) in [4.78, 5) is 0. The van der Waals surface area contributed by atoms with Gasteiger partial charge in [-0.3, -0.25) is 0 Å². The van der Waals surface area contributed by atoms with Crippen molar-refractivity contribution in [3.05, 3.63) is 11.1 Å². The van der Waals surface area contributed by atoms with E-state index >= 15 is 0 Å².